The highest BCUT2D eigenvalue weighted by Crippen LogP contribution is 2.17. The molecule has 0 aromatic heterocycles. The molecule has 1 aliphatic heterocycles. The molecule has 0 amide bonds. The van der Waals surface area contributed by atoms with Crippen LogP contribution in [0.25, 0.3) is 0 Å². The van der Waals surface area contributed by atoms with Gasteiger partial charge in [0.15, 0.2) is 0 Å². The number of para-hydroxylation sites is 1. The van der Waals surface area contributed by atoms with Gasteiger partial charge in [-0.2, -0.15) is 0 Å². The number of quaternary nitrogens is 1. The summed E-state index contributed by atoms with van der Waals surface area (Å²) in [7, 11) is 0. The van der Waals surface area contributed by atoms with Gasteiger partial charge in [-0.15, -0.1) is 0 Å². The molecule has 0 saturated carbocycles. The normalized spacial score (nSPS) is 23.6. The Kier molecular flexibility index (Phi) is 4.82. The minimum atomic E-state index is 0.585. The second kappa shape index (κ2) is 6.60. The average molecular weight is 246 g/mol. The minimum absolute atomic E-state index is 0.585. The Morgan fingerprint density at radius 2 is 2.22 bits per heavy atom. The Morgan fingerprint density at radius 3 is 3.00 bits per heavy atom. The number of nitrogens with one attached hydrogen (secondary N) is 1. The van der Waals surface area contributed by atoms with Crippen LogP contribution in [0.3, 0.4) is 0 Å². The zero-order chi connectivity index (χ0) is 12.8. The molecule has 2 rings (SSSR count). The summed E-state index contributed by atoms with van der Waals surface area (Å²) in [6, 6.07) is 9.16. The summed E-state index contributed by atoms with van der Waals surface area (Å²) >= 11 is 0. The van der Waals surface area contributed by atoms with E-state index in [1.165, 1.54) is 31.4 Å². The number of benzene rings is 1. The molecule has 1 heterocycles. The molecular formula is C16H24NO+. The molecule has 0 aliphatic carbocycles. The number of ether oxygens (including phenoxy) is 1. The van der Waals surface area contributed by atoms with Gasteiger partial charge in [-0.05, 0) is 38.3 Å². The summed E-state index contributed by atoms with van der Waals surface area (Å²) in [6.07, 6.45) is 5.90. The third-order valence-electron chi connectivity index (χ3n) is 3.83. The molecule has 2 atom stereocenters. The van der Waals surface area contributed by atoms with Crippen LogP contribution < -0.4 is 9.64 Å². The fourth-order valence-electron chi connectivity index (χ4n) is 2.70. The lowest BCUT2D eigenvalue weighted by Crippen LogP contribution is -3.14. The molecular weight excluding hydrogens is 222 g/mol. The van der Waals surface area contributed by atoms with Gasteiger partial charge in [0.1, 0.15) is 18.9 Å². The fraction of sp³-hybridized carbons (Fsp3) is 0.500. The molecule has 18 heavy (non-hydrogen) atoms. The number of rotatable bonds is 5. The van der Waals surface area contributed by atoms with Gasteiger partial charge < -0.3 is 9.64 Å². The van der Waals surface area contributed by atoms with Crippen molar-refractivity contribution in [2.24, 2.45) is 0 Å². The van der Waals surface area contributed by atoms with E-state index in [0.717, 1.165) is 18.3 Å². The summed E-state index contributed by atoms with van der Waals surface area (Å²) in [5.41, 5.74) is 1.32. The molecule has 1 saturated heterocycles. The molecule has 0 spiro atoms. The predicted octanol–water partition coefficient (Wildman–Crippen LogP) is 2.21. The minimum Gasteiger partial charge on any atom is -0.489 e. The molecule has 2 heteroatoms. The van der Waals surface area contributed by atoms with Gasteiger partial charge in [0, 0.05) is 5.56 Å². The highest BCUT2D eigenvalue weighted by Gasteiger charge is 2.22. The van der Waals surface area contributed by atoms with Crippen molar-refractivity contribution in [2.75, 3.05) is 13.2 Å². The molecule has 1 N–H and O–H groups in total. The van der Waals surface area contributed by atoms with Crippen LogP contribution in [0, 0.1) is 0 Å². The Balaban J connectivity index is 2.05. The van der Waals surface area contributed by atoms with Gasteiger partial charge in [0.05, 0.1) is 12.6 Å². The van der Waals surface area contributed by atoms with Crippen molar-refractivity contribution in [1.29, 1.82) is 0 Å². The summed E-state index contributed by atoms with van der Waals surface area (Å²) in [5.74, 6) is 1.02. The van der Waals surface area contributed by atoms with Crippen molar-refractivity contribution < 1.29 is 9.64 Å². The van der Waals surface area contributed by atoms with Gasteiger partial charge in [-0.25, -0.2) is 0 Å². The Labute approximate surface area is 110 Å². The molecule has 1 aromatic carbocycles. The standard InChI is InChI=1S/C16H23NO/c1-3-12-18-16-10-5-4-9-15(16)13-17-11-7-6-8-14(17)2/h3-5,9-10,14H,1,6-8,11-13H2,2H3/p+1/t14-/m1/s1. The Hall–Kier alpha value is -1.28. The van der Waals surface area contributed by atoms with Crippen LogP contribution in [0.15, 0.2) is 36.9 Å². The van der Waals surface area contributed by atoms with Crippen LogP contribution in [0.4, 0.5) is 0 Å². The lowest BCUT2D eigenvalue weighted by atomic mass is 10.0. The monoisotopic (exact) mass is 246 g/mol. The van der Waals surface area contributed by atoms with Crippen LogP contribution >= 0.6 is 0 Å². The average Bonchev–Trinajstić information content (AvgIpc) is 2.40. The number of likely N-dealkylation sites (tertiary alicyclic amines) is 1. The molecule has 1 unspecified atom stereocenters. The van der Waals surface area contributed by atoms with Gasteiger partial charge in [-0.3, -0.25) is 0 Å². The quantitative estimate of drug-likeness (QED) is 0.786. The third kappa shape index (κ3) is 3.36. The van der Waals surface area contributed by atoms with E-state index in [2.05, 4.69) is 31.7 Å². The van der Waals surface area contributed by atoms with E-state index < -0.39 is 0 Å². The van der Waals surface area contributed by atoms with Crippen molar-refractivity contribution in [3.63, 3.8) is 0 Å². The van der Waals surface area contributed by atoms with E-state index in [4.69, 9.17) is 4.74 Å². The van der Waals surface area contributed by atoms with Crippen molar-refractivity contribution in [2.45, 2.75) is 38.8 Å². The summed E-state index contributed by atoms with van der Waals surface area (Å²) in [6.45, 7) is 9.02. The smallest absolute Gasteiger partial charge is 0.128 e. The maximum absolute atomic E-state index is 5.73. The topological polar surface area (TPSA) is 13.7 Å². The van der Waals surface area contributed by atoms with Crippen LogP contribution in [0.2, 0.25) is 0 Å². The molecule has 1 aliphatic rings. The van der Waals surface area contributed by atoms with E-state index in [1.54, 1.807) is 11.0 Å². The second-order valence-corrected chi connectivity index (χ2v) is 5.19. The predicted molar refractivity (Wildman–Crippen MR) is 75.0 cm³/mol. The van der Waals surface area contributed by atoms with Gasteiger partial charge >= 0.3 is 0 Å². The van der Waals surface area contributed by atoms with Crippen LogP contribution in [0.5, 0.6) is 5.75 Å². The highest BCUT2D eigenvalue weighted by molar-refractivity contribution is 5.32. The molecule has 0 bridgehead atoms. The molecule has 1 aromatic rings. The zero-order valence-electron chi connectivity index (χ0n) is 11.3. The maximum Gasteiger partial charge on any atom is 0.128 e. The lowest BCUT2D eigenvalue weighted by molar-refractivity contribution is -0.941. The summed E-state index contributed by atoms with van der Waals surface area (Å²) in [5, 5.41) is 0. The fourth-order valence-corrected chi connectivity index (χ4v) is 2.70. The number of hydrogen-bond acceptors (Lipinski definition) is 1. The highest BCUT2D eigenvalue weighted by atomic mass is 16.5. The van der Waals surface area contributed by atoms with Crippen molar-refractivity contribution >= 4 is 0 Å². The van der Waals surface area contributed by atoms with Crippen LogP contribution in [-0.2, 0) is 6.54 Å². The van der Waals surface area contributed by atoms with E-state index in [0.29, 0.717) is 6.61 Å². The first-order chi connectivity index (χ1) is 8.81. The molecule has 0 radical (unpaired) electrons. The molecule has 1 fully saturated rings. The summed E-state index contributed by atoms with van der Waals surface area (Å²) in [4.78, 5) is 1.69. The largest absolute Gasteiger partial charge is 0.489 e. The first-order valence-corrected chi connectivity index (χ1v) is 6.97. The number of piperidine rings is 1. The van der Waals surface area contributed by atoms with Crippen molar-refractivity contribution in [3.8, 4) is 5.75 Å². The second-order valence-electron chi connectivity index (χ2n) is 5.19. The number of hydrogen-bond donors (Lipinski definition) is 1. The van der Waals surface area contributed by atoms with Gasteiger partial charge in [0.2, 0.25) is 0 Å². The van der Waals surface area contributed by atoms with E-state index >= 15 is 0 Å². The van der Waals surface area contributed by atoms with Gasteiger partial charge in [-0.1, -0.05) is 24.8 Å². The summed E-state index contributed by atoms with van der Waals surface area (Å²) < 4.78 is 5.73. The molecule has 98 valence electrons. The van der Waals surface area contributed by atoms with Crippen LogP contribution in [0.1, 0.15) is 31.7 Å². The Morgan fingerprint density at radius 1 is 1.39 bits per heavy atom. The first kappa shape index (κ1) is 13.2. The molecule has 2 nitrogen and oxygen atoms in total. The third-order valence-corrected chi connectivity index (χ3v) is 3.83. The Bertz CT molecular complexity index is 388. The van der Waals surface area contributed by atoms with Crippen molar-refractivity contribution in [1.82, 2.24) is 0 Å². The van der Waals surface area contributed by atoms with E-state index in [-0.39, 0.29) is 0 Å². The van der Waals surface area contributed by atoms with Crippen LogP contribution in [-0.4, -0.2) is 19.2 Å². The first-order valence-electron chi connectivity index (χ1n) is 6.97. The SMILES string of the molecule is C=CCOc1ccccc1C[NH+]1CCCC[C@H]1C. The zero-order valence-corrected chi connectivity index (χ0v) is 11.3. The van der Waals surface area contributed by atoms with Crippen molar-refractivity contribution in [3.05, 3.63) is 42.5 Å². The van der Waals surface area contributed by atoms with E-state index in [1.807, 2.05) is 6.07 Å². The lowest BCUT2D eigenvalue weighted by Gasteiger charge is -2.30. The van der Waals surface area contributed by atoms with Gasteiger partial charge in [0.25, 0.3) is 0 Å². The maximum atomic E-state index is 5.73. The van der Waals surface area contributed by atoms with E-state index in [9.17, 15) is 0 Å².